The minimum Gasteiger partial charge on any atom is -0.394 e. The van der Waals surface area contributed by atoms with Crippen LogP contribution in [0.1, 0.15) is 5.56 Å². The standard InChI is InChI=1S/C8H8N2OS/c1-5-2-3-12-8(5)7-6(9)4-10-11-7/h2-4H,9H2,1H3. The lowest BCUT2D eigenvalue weighted by Crippen LogP contribution is -1.83. The fourth-order valence-electron chi connectivity index (χ4n) is 1.03. The van der Waals surface area contributed by atoms with E-state index in [4.69, 9.17) is 10.3 Å². The SMILES string of the molecule is Cc1ccsc1-c1oncc1N. The lowest BCUT2D eigenvalue weighted by Gasteiger charge is -1.93. The second kappa shape index (κ2) is 2.64. The molecule has 0 saturated heterocycles. The average Bonchev–Trinajstić information content (AvgIpc) is 2.59. The lowest BCUT2D eigenvalue weighted by atomic mass is 10.2. The van der Waals surface area contributed by atoms with Crippen molar-refractivity contribution < 1.29 is 4.52 Å². The molecule has 0 aliphatic rings. The van der Waals surface area contributed by atoms with Gasteiger partial charge in [0.1, 0.15) is 5.69 Å². The maximum Gasteiger partial charge on any atom is 0.199 e. The summed E-state index contributed by atoms with van der Waals surface area (Å²) in [5.74, 6) is 0.683. The molecule has 0 fully saturated rings. The molecule has 2 aromatic heterocycles. The van der Waals surface area contributed by atoms with Gasteiger partial charge in [0.15, 0.2) is 5.76 Å². The molecule has 0 spiro atoms. The van der Waals surface area contributed by atoms with Gasteiger partial charge in [-0.15, -0.1) is 11.3 Å². The fourth-order valence-corrected chi connectivity index (χ4v) is 1.95. The van der Waals surface area contributed by atoms with Crippen molar-refractivity contribution in [1.29, 1.82) is 0 Å². The van der Waals surface area contributed by atoms with Crippen molar-refractivity contribution in [3.05, 3.63) is 23.2 Å². The highest BCUT2D eigenvalue weighted by molar-refractivity contribution is 7.13. The summed E-state index contributed by atoms with van der Waals surface area (Å²) in [4.78, 5) is 1.06. The van der Waals surface area contributed by atoms with E-state index in [0.29, 0.717) is 11.4 Å². The summed E-state index contributed by atoms with van der Waals surface area (Å²) in [5, 5.41) is 5.63. The van der Waals surface area contributed by atoms with Gasteiger partial charge in [-0.1, -0.05) is 5.16 Å². The van der Waals surface area contributed by atoms with Gasteiger partial charge in [-0.2, -0.15) is 0 Å². The zero-order valence-electron chi connectivity index (χ0n) is 6.57. The van der Waals surface area contributed by atoms with Crippen LogP contribution >= 0.6 is 11.3 Å². The van der Waals surface area contributed by atoms with Crippen LogP contribution in [0.5, 0.6) is 0 Å². The van der Waals surface area contributed by atoms with E-state index < -0.39 is 0 Å². The summed E-state index contributed by atoms with van der Waals surface area (Å²) in [5.41, 5.74) is 7.42. The zero-order chi connectivity index (χ0) is 8.55. The topological polar surface area (TPSA) is 52.0 Å². The summed E-state index contributed by atoms with van der Waals surface area (Å²) < 4.78 is 5.02. The number of thiophene rings is 1. The summed E-state index contributed by atoms with van der Waals surface area (Å²) in [6.07, 6.45) is 1.52. The molecule has 0 unspecified atom stereocenters. The van der Waals surface area contributed by atoms with Crippen molar-refractivity contribution in [2.75, 3.05) is 5.73 Å². The molecule has 0 radical (unpaired) electrons. The Labute approximate surface area is 73.8 Å². The van der Waals surface area contributed by atoms with Crippen molar-refractivity contribution in [3.63, 3.8) is 0 Å². The van der Waals surface area contributed by atoms with Crippen molar-refractivity contribution >= 4 is 17.0 Å². The summed E-state index contributed by atoms with van der Waals surface area (Å²) in [6, 6.07) is 2.03. The van der Waals surface area contributed by atoms with Crippen LogP contribution in [0.2, 0.25) is 0 Å². The van der Waals surface area contributed by atoms with Crippen molar-refractivity contribution in [1.82, 2.24) is 5.16 Å². The van der Waals surface area contributed by atoms with Crippen LogP contribution in [0, 0.1) is 6.92 Å². The molecular formula is C8H8N2OS. The molecule has 0 atom stereocenters. The maximum atomic E-state index is 5.65. The minimum absolute atomic E-state index is 0.598. The number of hydrogen-bond acceptors (Lipinski definition) is 4. The first kappa shape index (κ1) is 7.36. The highest BCUT2D eigenvalue weighted by Crippen LogP contribution is 2.32. The fraction of sp³-hybridized carbons (Fsp3) is 0.125. The van der Waals surface area contributed by atoms with Gasteiger partial charge in [-0.05, 0) is 23.9 Å². The first-order chi connectivity index (χ1) is 5.79. The van der Waals surface area contributed by atoms with E-state index in [9.17, 15) is 0 Å². The Hall–Kier alpha value is -1.29. The van der Waals surface area contributed by atoms with Crippen LogP contribution in [-0.2, 0) is 0 Å². The van der Waals surface area contributed by atoms with Gasteiger partial charge in [-0.25, -0.2) is 0 Å². The number of hydrogen-bond donors (Lipinski definition) is 1. The number of aromatic nitrogens is 1. The summed E-state index contributed by atoms with van der Waals surface area (Å²) in [7, 11) is 0. The zero-order valence-corrected chi connectivity index (χ0v) is 7.39. The second-order valence-electron chi connectivity index (χ2n) is 2.54. The van der Waals surface area contributed by atoms with Crippen LogP contribution in [0.25, 0.3) is 10.6 Å². The van der Waals surface area contributed by atoms with E-state index in [2.05, 4.69) is 5.16 Å². The molecule has 0 aromatic carbocycles. The molecule has 2 heterocycles. The molecule has 62 valence electrons. The van der Waals surface area contributed by atoms with Crippen LogP contribution in [-0.4, -0.2) is 5.16 Å². The first-order valence-electron chi connectivity index (χ1n) is 3.53. The second-order valence-corrected chi connectivity index (χ2v) is 3.46. The van der Waals surface area contributed by atoms with E-state index in [1.165, 1.54) is 11.8 Å². The van der Waals surface area contributed by atoms with Crippen molar-refractivity contribution in [3.8, 4) is 10.6 Å². The number of nitrogen functional groups attached to an aromatic ring is 1. The van der Waals surface area contributed by atoms with Gasteiger partial charge >= 0.3 is 0 Å². The molecule has 2 rings (SSSR count). The molecule has 0 amide bonds. The molecule has 2 N–H and O–H groups in total. The quantitative estimate of drug-likeness (QED) is 0.732. The van der Waals surface area contributed by atoms with E-state index in [-0.39, 0.29) is 0 Å². The van der Waals surface area contributed by atoms with E-state index in [1.807, 2.05) is 18.4 Å². The first-order valence-corrected chi connectivity index (χ1v) is 4.41. The average molecular weight is 180 g/mol. The lowest BCUT2D eigenvalue weighted by molar-refractivity contribution is 0.433. The van der Waals surface area contributed by atoms with Crippen molar-refractivity contribution in [2.24, 2.45) is 0 Å². The van der Waals surface area contributed by atoms with Crippen LogP contribution < -0.4 is 5.73 Å². The molecule has 0 aliphatic heterocycles. The van der Waals surface area contributed by atoms with Gasteiger partial charge in [0.25, 0.3) is 0 Å². The van der Waals surface area contributed by atoms with E-state index in [1.54, 1.807) is 11.3 Å². The van der Waals surface area contributed by atoms with Gasteiger partial charge in [0.2, 0.25) is 0 Å². The Balaban J connectivity index is 2.57. The molecular weight excluding hydrogens is 172 g/mol. The van der Waals surface area contributed by atoms with E-state index in [0.717, 1.165) is 4.88 Å². The maximum absolute atomic E-state index is 5.65. The molecule has 0 aliphatic carbocycles. The molecule has 0 saturated carbocycles. The molecule has 0 bridgehead atoms. The number of nitrogens with two attached hydrogens (primary N) is 1. The van der Waals surface area contributed by atoms with Gasteiger partial charge in [0.05, 0.1) is 11.1 Å². The number of nitrogens with zero attached hydrogens (tertiary/aromatic N) is 1. The Morgan fingerprint density at radius 3 is 2.92 bits per heavy atom. The Kier molecular flexibility index (Phi) is 1.62. The van der Waals surface area contributed by atoms with Crippen LogP contribution in [0.3, 0.4) is 0 Å². The third-order valence-corrected chi connectivity index (χ3v) is 2.68. The van der Waals surface area contributed by atoms with E-state index >= 15 is 0 Å². The largest absolute Gasteiger partial charge is 0.394 e. The molecule has 3 nitrogen and oxygen atoms in total. The molecule has 12 heavy (non-hydrogen) atoms. The summed E-state index contributed by atoms with van der Waals surface area (Å²) in [6.45, 7) is 2.02. The molecule has 2 aromatic rings. The third kappa shape index (κ3) is 1.00. The monoisotopic (exact) mass is 180 g/mol. The smallest absolute Gasteiger partial charge is 0.199 e. The van der Waals surface area contributed by atoms with Gasteiger partial charge in [-0.3, -0.25) is 0 Å². The normalized spacial score (nSPS) is 10.4. The Morgan fingerprint density at radius 1 is 1.58 bits per heavy atom. The van der Waals surface area contributed by atoms with Crippen LogP contribution in [0.15, 0.2) is 22.2 Å². The Bertz CT molecular complexity index is 353. The minimum atomic E-state index is 0.598. The van der Waals surface area contributed by atoms with Gasteiger partial charge < -0.3 is 10.3 Å². The van der Waals surface area contributed by atoms with Crippen molar-refractivity contribution in [2.45, 2.75) is 6.92 Å². The number of anilines is 1. The molecule has 4 heteroatoms. The predicted octanol–water partition coefficient (Wildman–Crippen LogP) is 2.29. The third-order valence-electron chi connectivity index (χ3n) is 1.67. The highest BCUT2D eigenvalue weighted by atomic mass is 32.1. The number of aryl methyl sites for hydroxylation is 1. The number of rotatable bonds is 1. The predicted molar refractivity (Wildman–Crippen MR) is 49.0 cm³/mol. The van der Waals surface area contributed by atoms with Crippen LogP contribution in [0.4, 0.5) is 5.69 Å². The highest BCUT2D eigenvalue weighted by Gasteiger charge is 2.10. The Morgan fingerprint density at radius 2 is 2.42 bits per heavy atom. The summed E-state index contributed by atoms with van der Waals surface area (Å²) >= 11 is 1.61. The van der Waals surface area contributed by atoms with Gasteiger partial charge in [0, 0.05) is 0 Å².